The molecule has 0 aliphatic carbocycles. The van der Waals surface area contributed by atoms with Gasteiger partial charge in [0, 0.05) is 37.1 Å². The number of rotatable bonds is 6. The molecule has 9 heteroatoms. The molecule has 0 unspecified atom stereocenters. The van der Waals surface area contributed by atoms with Gasteiger partial charge in [0.15, 0.2) is 0 Å². The van der Waals surface area contributed by atoms with Gasteiger partial charge in [0.2, 0.25) is 11.9 Å². The lowest BCUT2D eigenvalue weighted by molar-refractivity contribution is -0.118. The van der Waals surface area contributed by atoms with Gasteiger partial charge in [-0.2, -0.15) is 0 Å². The topological polar surface area (TPSA) is 94.2 Å². The van der Waals surface area contributed by atoms with Crippen molar-refractivity contribution in [3.8, 4) is 0 Å². The predicted molar refractivity (Wildman–Crippen MR) is 146 cm³/mol. The van der Waals surface area contributed by atoms with Crippen LogP contribution in [-0.2, 0) is 17.8 Å². The molecule has 1 fully saturated rings. The summed E-state index contributed by atoms with van der Waals surface area (Å²) in [7, 11) is 0. The number of fused-ring (bicyclic) bond motifs is 2. The van der Waals surface area contributed by atoms with E-state index in [2.05, 4.69) is 26.3 Å². The molecule has 6 rings (SSSR count). The molecule has 0 bridgehead atoms. The summed E-state index contributed by atoms with van der Waals surface area (Å²) in [6, 6.07) is 16.1. The van der Waals surface area contributed by atoms with E-state index in [-0.39, 0.29) is 11.8 Å². The van der Waals surface area contributed by atoms with Crippen molar-refractivity contribution in [2.24, 2.45) is 5.92 Å². The van der Waals surface area contributed by atoms with Crippen LogP contribution in [0.1, 0.15) is 46.7 Å². The number of nitrogens with one attached hydrogen (secondary N) is 2. The summed E-state index contributed by atoms with van der Waals surface area (Å²) in [5, 5.41) is 6.05. The minimum Gasteiger partial charge on any atom is -0.356 e. The fraction of sp³-hybridized carbons (Fsp3) is 0.357. The van der Waals surface area contributed by atoms with Crippen molar-refractivity contribution in [1.29, 1.82) is 0 Å². The molecule has 0 spiro atoms. The Labute approximate surface area is 219 Å². The summed E-state index contributed by atoms with van der Waals surface area (Å²) in [6.45, 7) is 2.67. The first-order chi connectivity index (χ1) is 18.1. The zero-order valence-corrected chi connectivity index (χ0v) is 21.5. The number of piperidine rings is 1. The van der Waals surface area contributed by atoms with E-state index in [9.17, 15) is 9.59 Å². The van der Waals surface area contributed by atoms with E-state index >= 15 is 0 Å². The number of benzene rings is 2. The van der Waals surface area contributed by atoms with Crippen molar-refractivity contribution in [1.82, 2.24) is 19.9 Å². The number of nitrogens with zero attached hydrogens (tertiary/aromatic N) is 4. The molecule has 2 aliphatic rings. The highest BCUT2D eigenvalue weighted by atomic mass is 32.1. The molecule has 4 aromatic rings. The summed E-state index contributed by atoms with van der Waals surface area (Å²) in [5.41, 5.74) is 4.62. The molecule has 2 aromatic heterocycles. The maximum atomic E-state index is 13.2. The smallest absolute Gasteiger partial charge is 0.273 e. The largest absolute Gasteiger partial charge is 0.356 e. The summed E-state index contributed by atoms with van der Waals surface area (Å²) in [6.07, 6.45) is 4.18. The first-order valence-electron chi connectivity index (χ1n) is 12.9. The number of hydrogen-bond donors (Lipinski definition) is 2. The third kappa shape index (κ3) is 5.09. The highest BCUT2D eigenvalue weighted by Gasteiger charge is 2.27. The lowest BCUT2D eigenvalue weighted by Gasteiger charge is -2.31. The number of likely N-dealkylation sites (tertiary alicyclic amines) is 1. The van der Waals surface area contributed by atoms with E-state index in [0.717, 1.165) is 73.0 Å². The number of carbonyl (C=O) groups excluding carboxylic acids is 2. The second-order valence-electron chi connectivity index (χ2n) is 9.81. The van der Waals surface area contributed by atoms with E-state index in [4.69, 9.17) is 0 Å². The number of thiazole rings is 1. The van der Waals surface area contributed by atoms with Crippen molar-refractivity contribution in [2.75, 3.05) is 29.9 Å². The van der Waals surface area contributed by atoms with Crippen molar-refractivity contribution in [3.63, 3.8) is 0 Å². The Morgan fingerprint density at radius 1 is 1.05 bits per heavy atom. The lowest BCUT2D eigenvalue weighted by Crippen LogP contribution is -2.40. The van der Waals surface area contributed by atoms with Crippen LogP contribution in [0, 0.1) is 5.92 Å². The van der Waals surface area contributed by atoms with Gasteiger partial charge in [0.25, 0.3) is 5.91 Å². The number of H-pyrrole nitrogens is 1. The Morgan fingerprint density at radius 2 is 1.86 bits per heavy atom. The fourth-order valence-corrected chi connectivity index (χ4v) is 6.01. The SMILES string of the molecule is O=C(c1csc(CN2C(=O)CCCc3ccccc32)n1)N1CCC(CNc2nc3ccccc3[nH]2)CC1. The number of imidazole rings is 1. The summed E-state index contributed by atoms with van der Waals surface area (Å²) >= 11 is 1.45. The van der Waals surface area contributed by atoms with Gasteiger partial charge in [-0.1, -0.05) is 30.3 Å². The van der Waals surface area contributed by atoms with Gasteiger partial charge in [0.05, 0.1) is 17.6 Å². The first-order valence-corrected chi connectivity index (χ1v) is 13.8. The Balaban J connectivity index is 1.04. The lowest BCUT2D eigenvalue weighted by atomic mass is 9.96. The number of amides is 2. The van der Waals surface area contributed by atoms with Crippen LogP contribution in [0.25, 0.3) is 11.0 Å². The molecule has 2 N–H and O–H groups in total. The Kier molecular flexibility index (Phi) is 6.61. The average molecular weight is 515 g/mol. The molecule has 1 saturated heterocycles. The van der Waals surface area contributed by atoms with Gasteiger partial charge in [-0.25, -0.2) is 9.97 Å². The second kappa shape index (κ2) is 10.3. The molecule has 0 saturated carbocycles. The number of carbonyl (C=O) groups is 2. The summed E-state index contributed by atoms with van der Waals surface area (Å²) in [5.74, 6) is 1.37. The minimum absolute atomic E-state index is 0.0196. The summed E-state index contributed by atoms with van der Waals surface area (Å²) in [4.78, 5) is 42.2. The van der Waals surface area contributed by atoms with Gasteiger partial charge in [-0.15, -0.1) is 11.3 Å². The van der Waals surface area contributed by atoms with Crippen molar-refractivity contribution >= 4 is 45.8 Å². The minimum atomic E-state index is -0.0196. The standard InChI is InChI=1S/C28H30N6O2S/c35-26-11-5-7-20-6-1-4-10-24(20)34(26)17-25-30-23(18-37-25)27(36)33-14-12-19(13-15-33)16-29-28-31-21-8-2-3-9-22(21)32-28/h1-4,6,8-10,18-19H,5,7,11-17H2,(H2,29,31,32). The third-order valence-electron chi connectivity index (χ3n) is 7.33. The number of para-hydroxylation sites is 3. The molecule has 8 nitrogen and oxygen atoms in total. The molecule has 190 valence electrons. The zero-order valence-electron chi connectivity index (χ0n) is 20.7. The maximum Gasteiger partial charge on any atom is 0.273 e. The molecule has 0 atom stereocenters. The zero-order chi connectivity index (χ0) is 25.2. The maximum absolute atomic E-state index is 13.2. The van der Waals surface area contributed by atoms with Crippen molar-refractivity contribution in [3.05, 3.63) is 70.2 Å². The van der Waals surface area contributed by atoms with E-state index in [0.29, 0.717) is 24.6 Å². The molecule has 4 heterocycles. The average Bonchev–Trinajstić information content (AvgIpc) is 3.54. The van der Waals surface area contributed by atoms with Gasteiger partial charge in [-0.05, 0) is 55.4 Å². The quantitative estimate of drug-likeness (QED) is 0.384. The highest BCUT2D eigenvalue weighted by Crippen LogP contribution is 2.29. The van der Waals surface area contributed by atoms with Gasteiger partial charge in [-0.3, -0.25) is 9.59 Å². The van der Waals surface area contributed by atoms with Crippen LogP contribution in [0.4, 0.5) is 11.6 Å². The van der Waals surface area contributed by atoms with Crippen molar-refractivity contribution < 1.29 is 9.59 Å². The van der Waals surface area contributed by atoms with E-state index < -0.39 is 0 Å². The van der Waals surface area contributed by atoms with Crippen LogP contribution in [0.5, 0.6) is 0 Å². The van der Waals surface area contributed by atoms with Gasteiger partial charge >= 0.3 is 0 Å². The van der Waals surface area contributed by atoms with Crippen LogP contribution >= 0.6 is 11.3 Å². The van der Waals surface area contributed by atoms with Gasteiger partial charge < -0.3 is 20.1 Å². The molecule has 2 aromatic carbocycles. The number of anilines is 2. The van der Waals surface area contributed by atoms with Crippen LogP contribution in [-0.4, -0.2) is 51.3 Å². The highest BCUT2D eigenvalue weighted by molar-refractivity contribution is 7.09. The van der Waals surface area contributed by atoms with Crippen LogP contribution in [0.3, 0.4) is 0 Å². The molecule has 0 radical (unpaired) electrons. The van der Waals surface area contributed by atoms with E-state index in [1.54, 1.807) is 0 Å². The molecular weight excluding hydrogens is 484 g/mol. The van der Waals surface area contributed by atoms with Crippen LogP contribution < -0.4 is 10.2 Å². The first kappa shape index (κ1) is 23.7. The van der Waals surface area contributed by atoms with Crippen molar-refractivity contribution in [2.45, 2.75) is 38.6 Å². The molecule has 37 heavy (non-hydrogen) atoms. The molecular formula is C28H30N6O2S. The summed E-state index contributed by atoms with van der Waals surface area (Å²) < 4.78 is 0. The second-order valence-corrected chi connectivity index (χ2v) is 10.8. The Bertz CT molecular complexity index is 1390. The fourth-order valence-electron chi connectivity index (χ4n) is 5.25. The third-order valence-corrected chi connectivity index (χ3v) is 8.17. The van der Waals surface area contributed by atoms with Crippen LogP contribution in [0.15, 0.2) is 53.9 Å². The number of aromatic nitrogens is 3. The number of aromatic amines is 1. The Morgan fingerprint density at radius 3 is 2.73 bits per heavy atom. The normalized spacial score (nSPS) is 16.6. The Hall–Kier alpha value is -3.72. The number of aryl methyl sites for hydroxylation is 1. The van der Waals surface area contributed by atoms with Crippen LogP contribution in [0.2, 0.25) is 0 Å². The van der Waals surface area contributed by atoms with E-state index in [1.807, 2.05) is 57.6 Å². The predicted octanol–water partition coefficient (Wildman–Crippen LogP) is 4.85. The number of hydrogen-bond acceptors (Lipinski definition) is 6. The van der Waals surface area contributed by atoms with Gasteiger partial charge in [0.1, 0.15) is 10.7 Å². The molecule has 2 aliphatic heterocycles. The van der Waals surface area contributed by atoms with E-state index in [1.165, 1.54) is 16.9 Å². The monoisotopic (exact) mass is 514 g/mol. The molecule has 2 amide bonds.